The van der Waals surface area contributed by atoms with Gasteiger partial charge in [-0.2, -0.15) is 0 Å². The van der Waals surface area contributed by atoms with Gasteiger partial charge in [-0.25, -0.2) is 0 Å². The van der Waals surface area contributed by atoms with Gasteiger partial charge in [-0.05, 0) is 18.9 Å². The van der Waals surface area contributed by atoms with Crippen LogP contribution in [-0.4, -0.2) is 30.9 Å². The van der Waals surface area contributed by atoms with Crippen molar-refractivity contribution in [2.75, 3.05) is 20.1 Å². The van der Waals surface area contributed by atoms with Crippen molar-refractivity contribution >= 4 is 5.91 Å². The van der Waals surface area contributed by atoms with Crippen molar-refractivity contribution in [1.82, 2.24) is 4.90 Å². The van der Waals surface area contributed by atoms with E-state index in [2.05, 4.69) is 6.92 Å². The molecule has 0 aromatic carbocycles. The van der Waals surface area contributed by atoms with Crippen molar-refractivity contribution in [1.29, 1.82) is 0 Å². The number of nitrogens with two attached hydrogens (primary N) is 1. The average Bonchev–Trinajstić information content (AvgIpc) is 2.13. The number of carbonyl (C=O) groups is 1. The molecule has 0 aromatic heterocycles. The zero-order chi connectivity index (χ0) is 10.3. The Kier molecular flexibility index (Phi) is 6.59. The Morgan fingerprint density at radius 3 is 2.62 bits per heavy atom. The van der Waals surface area contributed by atoms with Crippen molar-refractivity contribution in [3.63, 3.8) is 0 Å². The van der Waals surface area contributed by atoms with Gasteiger partial charge in [0.25, 0.3) is 0 Å². The molecule has 1 unspecified atom stereocenters. The van der Waals surface area contributed by atoms with Gasteiger partial charge in [-0.3, -0.25) is 4.79 Å². The lowest BCUT2D eigenvalue weighted by Crippen LogP contribution is -2.30. The highest BCUT2D eigenvalue weighted by Gasteiger charge is 2.11. The first kappa shape index (κ1) is 12.4. The lowest BCUT2D eigenvalue weighted by atomic mass is 10.1. The van der Waals surface area contributed by atoms with Crippen molar-refractivity contribution < 1.29 is 4.79 Å². The quantitative estimate of drug-likeness (QED) is 0.678. The Hall–Kier alpha value is -0.570. The van der Waals surface area contributed by atoms with Crippen LogP contribution >= 0.6 is 0 Å². The first-order valence-corrected chi connectivity index (χ1v) is 5.05. The summed E-state index contributed by atoms with van der Waals surface area (Å²) >= 11 is 0. The monoisotopic (exact) mass is 186 g/mol. The predicted octanol–water partition coefficient (Wildman–Crippen LogP) is 1.23. The fourth-order valence-corrected chi connectivity index (χ4v) is 1.06. The number of rotatable bonds is 6. The largest absolute Gasteiger partial charge is 0.346 e. The predicted molar refractivity (Wildman–Crippen MR) is 55.4 cm³/mol. The molecule has 3 heteroatoms. The van der Waals surface area contributed by atoms with Crippen LogP contribution in [0.15, 0.2) is 0 Å². The van der Waals surface area contributed by atoms with Crippen LogP contribution in [0.3, 0.4) is 0 Å². The standard InChI is InChI=1S/C10H22N2O/c1-4-5-6-12(3)10(13)7-9(2)8-11/h9H,4-8,11H2,1-3H3. The van der Waals surface area contributed by atoms with Crippen LogP contribution in [0, 0.1) is 5.92 Å². The number of hydrogen-bond donors (Lipinski definition) is 1. The minimum atomic E-state index is 0.214. The smallest absolute Gasteiger partial charge is 0.222 e. The first-order valence-electron chi connectivity index (χ1n) is 5.05. The summed E-state index contributed by atoms with van der Waals surface area (Å²) in [6, 6.07) is 0. The van der Waals surface area contributed by atoms with Crippen molar-refractivity contribution in [3.05, 3.63) is 0 Å². The summed E-state index contributed by atoms with van der Waals surface area (Å²) in [7, 11) is 1.86. The maximum absolute atomic E-state index is 11.5. The Morgan fingerprint density at radius 2 is 2.15 bits per heavy atom. The molecule has 3 nitrogen and oxygen atoms in total. The first-order chi connectivity index (χ1) is 6.11. The van der Waals surface area contributed by atoms with Crippen LogP contribution < -0.4 is 5.73 Å². The molecule has 0 bridgehead atoms. The van der Waals surface area contributed by atoms with Gasteiger partial charge in [0.1, 0.15) is 0 Å². The molecule has 1 atom stereocenters. The lowest BCUT2D eigenvalue weighted by molar-refractivity contribution is -0.130. The Balaban J connectivity index is 3.68. The van der Waals surface area contributed by atoms with Gasteiger partial charge in [-0.15, -0.1) is 0 Å². The van der Waals surface area contributed by atoms with Crippen molar-refractivity contribution in [3.8, 4) is 0 Å². The lowest BCUT2D eigenvalue weighted by Gasteiger charge is -2.18. The van der Waals surface area contributed by atoms with E-state index in [1.165, 1.54) is 0 Å². The van der Waals surface area contributed by atoms with Crippen molar-refractivity contribution in [2.45, 2.75) is 33.1 Å². The summed E-state index contributed by atoms with van der Waals surface area (Å²) in [5, 5.41) is 0. The van der Waals surface area contributed by atoms with Crippen LogP contribution in [0.4, 0.5) is 0 Å². The normalized spacial score (nSPS) is 12.6. The van der Waals surface area contributed by atoms with E-state index >= 15 is 0 Å². The van der Waals surface area contributed by atoms with Crippen LogP contribution in [0.5, 0.6) is 0 Å². The van der Waals surface area contributed by atoms with Crippen LogP contribution in [0.25, 0.3) is 0 Å². The fourth-order valence-electron chi connectivity index (χ4n) is 1.06. The number of unbranched alkanes of at least 4 members (excludes halogenated alkanes) is 1. The molecule has 0 spiro atoms. The molecule has 13 heavy (non-hydrogen) atoms. The molecule has 0 saturated heterocycles. The van der Waals surface area contributed by atoms with Crippen LogP contribution in [-0.2, 0) is 4.79 Å². The van der Waals surface area contributed by atoms with E-state index in [4.69, 9.17) is 5.73 Å². The molecule has 0 aliphatic rings. The molecule has 0 radical (unpaired) electrons. The second-order valence-corrected chi connectivity index (χ2v) is 3.71. The molecule has 2 N–H and O–H groups in total. The molecule has 0 fully saturated rings. The average molecular weight is 186 g/mol. The van der Waals surface area contributed by atoms with Gasteiger partial charge < -0.3 is 10.6 Å². The molecule has 0 rings (SSSR count). The van der Waals surface area contributed by atoms with Gasteiger partial charge >= 0.3 is 0 Å². The van der Waals surface area contributed by atoms with E-state index in [1.54, 1.807) is 4.90 Å². The molecular weight excluding hydrogens is 164 g/mol. The van der Waals surface area contributed by atoms with Crippen LogP contribution in [0.1, 0.15) is 33.1 Å². The number of hydrogen-bond acceptors (Lipinski definition) is 2. The highest BCUT2D eigenvalue weighted by molar-refractivity contribution is 5.76. The zero-order valence-electron chi connectivity index (χ0n) is 9.05. The van der Waals surface area contributed by atoms with Crippen LogP contribution in [0.2, 0.25) is 0 Å². The summed E-state index contributed by atoms with van der Waals surface area (Å²) in [5.41, 5.74) is 5.45. The van der Waals surface area contributed by atoms with E-state index in [-0.39, 0.29) is 5.91 Å². The fraction of sp³-hybridized carbons (Fsp3) is 0.900. The van der Waals surface area contributed by atoms with E-state index in [9.17, 15) is 4.79 Å². The van der Waals surface area contributed by atoms with Gasteiger partial charge in [0.05, 0.1) is 0 Å². The maximum Gasteiger partial charge on any atom is 0.222 e. The third-order valence-electron chi connectivity index (χ3n) is 2.20. The maximum atomic E-state index is 11.5. The molecule has 78 valence electrons. The molecule has 1 amide bonds. The molecule has 0 aliphatic carbocycles. The molecule has 0 aliphatic heterocycles. The van der Waals surface area contributed by atoms with E-state index in [0.29, 0.717) is 18.9 Å². The van der Waals surface area contributed by atoms with Gasteiger partial charge in [0, 0.05) is 20.0 Å². The van der Waals surface area contributed by atoms with Gasteiger partial charge in [0.2, 0.25) is 5.91 Å². The number of nitrogens with zero attached hydrogens (tertiary/aromatic N) is 1. The summed E-state index contributed by atoms with van der Waals surface area (Å²) in [4.78, 5) is 13.3. The van der Waals surface area contributed by atoms with Gasteiger partial charge in [-0.1, -0.05) is 20.3 Å². The highest BCUT2D eigenvalue weighted by Crippen LogP contribution is 2.03. The van der Waals surface area contributed by atoms with Gasteiger partial charge in [0.15, 0.2) is 0 Å². The third kappa shape index (κ3) is 5.64. The Morgan fingerprint density at radius 1 is 1.54 bits per heavy atom. The Bertz CT molecular complexity index is 148. The zero-order valence-corrected chi connectivity index (χ0v) is 9.05. The second-order valence-electron chi connectivity index (χ2n) is 3.71. The van der Waals surface area contributed by atoms with E-state index in [0.717, 1.165) is 19.4 Å². The number of carbonyl (C=O) groups excluding carboxylic acids is 1. The SMILES string of the molecule is CCCCN(C)C(=O)CC(C)CN. The summed E-state index contributed by atoms with van der Waals surface area (Å²) in [5.74, 6) is 0.517. The molecule has 0 heterocycles. The van der Waals surface area contributed by atoms with E-state index < -0.39 is 0 Å². The summed E-state index contributed by atoms with van der Waals surface area (Å²) < 4.78 is 0. The van der Waals surface area contributed by atoms with E-state index in [1.807, 2.05) is 14.0 Å². The molecular formula is C10H22N2O. The topological polar surface area (TPSA) is 46.3 Å². The third-order valence-corrected chi connectivity index (χ3v) is 2.20. The summed E-state index contributed by atoms with van der Waals surface area (Å²) in [6.07, 6.45) is 2.79. The minimum Gasteiger partial charge on any atom is -0.346 e. The number of amides is 1. The summed E-state index contributed by atoms with van der Waals surface area (Å²) in [6.45, 7) is 5.59. The second kappa shape index (κ2) is 6.89. The molecule has 0 saturated carbocycles. The van der Waals surface area contributed by atoms with Crippen molar-refractivity contribution in [2.24, 2.45) is 11.7 Å². The Labute approximate surface area is 81.3 Å². The highest BCUT2D eigenvalue weighted by atomic mass is 16.2. The minimum absolute atomic E-state index is 0.214. The molecule has 0 aromatic rings.